The third-order valence-corrected chi connectivity index (χ3v) is 8.40. The van der Waals surface area contributed by atoms with Gasteiger partial charge in [0, 0.05) is 5.56 Å². The number of amides is 2. The SMILES string of the molecule is CCCCCCOc1c(C)c(C)c2c(c1C)CCC(C)(COc1ccc(/C=C3/SC(=O)NC3=O)cc1C(F)(F)F)O2. The van der Waals surface area contributed by atoms with Gasteiger partial charge in [-0.2, -0.15) is 13.2 Å². The molecular weight excluding hydrogens is 555 g/mol. The summed E-state index contributed by atoms with van der Waals surface area (Å²) in [5, 5.41) is 1.53. The molecule has 1 atom stereocenters. The van der Waals surface area contributed by atoms with Crippen LogP contribution < -0.4 is 19.5 Å². The van der Waals surface area contributed by atoms with Gasteiger partial charge in [-0.1, -0.05) is 32.3 Å². The molecule has 0 spiro atoms. The van der Waals surface area contributed by atoms with Gasteiger partial charge in [0.2, 0.25) is 0 Å². The lowest BCUT2D eigenvalue weighted by Gasteiger charge is -2.38. The maximum Gasteiger partial charge on any atom is 0.419 e. The molecule has 0 radical (unpaired) electrons. The first-order valence-corrected chi connectivity index (χ1v) is 14.7. The fraction of sp³-hybridized carbons (Fsp3) is 0.484. The molecule has 0 aliphatic carbocycles. The van der Waals surface area contributed by atoms with Gasteiger partial charge in [-0.3, -0.25) is 14.9 Å². The first-order chi connectivity index (χ1) is 19.3. The van der Waals surface area contributed by atoms with Crippen molar-refractivity contribution in [2.75, 3.05) is 13.2 Å². The van der Waals surface area contributed by atoms with Crippen molar-refractivity contribution in [3.63, 3.8) is 0 Å². The predicted molar refractivity (Wildman–Crippen MR) is 154 cm³/mol. The molecule has 10 heteroatoms. The van der Waals surface area contributed by atoms with Crippen molar-refractivity contribution in [2.45, 2.75) is 84.9 Å². The lowest BCUT2D eigenvalue weighted by molar-refractivity contribution is -0.139. The minimum absolute atomic E-state index is 0.0320. The van der Waals surface area contributed by atoms with E-state index in [2.05, 4.69) is 12.2 Å². The first kappa shape index (κ1) is 30.8. The van der Waals surface area contributed by atoms with Crippen molar-refractivity contribution in [2.24, 2.45) is 0 Å². The van der Waals surface area contributed by atoms with Crippen molar-refractivity contribution >= 4 is 29.0 Å². The Morgan fingerprint density at radius 2 is 1.83 bits per heavy atom. The van der Waals surface area contributed by atoms with Crippen LogP contribution in [0.2, 0.25) is 0 Å². The molecule has 41 heavy (non-hydrogen) atoms. The standard InChI is InChI=1S/C31H36F3NO5S/c1-6-7-8-9-14-38-26-18(2)19(3)27-22(20(26)4)12-13-30(5,40-27)17-39-24-11-10-21(15-23(24)31(32,33)34)16-25-28(36)35-29(37)41-25/h10-11,15-16H,6-9,12-14,17H2,1-5H3,(H,35,36,37)/b25-16+. The largest absolute Gasteiger partial charge is 0.493 e. The maximum absolute atomic E-state index is 14.0. The van der Waals surface area contributed by atoms with Crippen molar-refractivity contribution in [3.8, 4) is 17.2 Å². The van der Waals surface area contributed by atoms with Crippen LogP contribution in [0.5, 0.6) is 17.2 Å². The third-order valence-electron chi connectivity index (χ3n) is 7.59. The number of hydrogen-bond donors (Lipinski definition) is 1. The monoisotopic (exact) mass is 591 g/mol. The number of ether oxygens (including phenoxy) is 3. The Labute approximate surface area is 243 Å². The summed E-state index contributed by atoms with van der Waals surface area (Å²) in [6.45, 7) is 10.6. The molecular formula is C31H36F3NO5S. The molecule has 2 aromatic rings. The van der Waals surface area contributed by atoms with Crippen LogP contribution in [0.1, 0.15) is 79.3 Å². The molecule has 0 saturated carbocycles. The number of thioether (sulfide) groups is 1. The Kier molecular flexibility index (Phi) is 9.31. The van der Waals surface area contributed by atoms with E-state index in [0.29, 0.717) is 31.2 Å². The van der Waals surface area contributed by atoms with E-state index in [0.717, 1.165) is 52.7 Å². The van der Waals surface area contributed by atoms with E-state index in [-0.39, 0.29) is 22.8 Å². The number of benzene rings is 2. The van der Waals surface area contributed by atoms with E-state index in [1.165, 1.54) is 31.1 Å². The molecule has 0 bridgehead atoms. The maximum atomic E-state index is 14.0. The van der Waals surface area contributed by atoms with Gasteiger partial charge in [0.1, 0.15) is 29.5 Å². The molecule has 1 unspecified atom stereocenters. The molecule has 1 fully saturated rings. The van der Waals surface area contributed by atoms with E-state index in [9.17, 15) is 22.8 Å². The second kappa shape index (κ2) is 12.4. The Morgan fingerprint density at radius 1 is 1.07 bits per heavy atom. The first-order valence-electron chi connectivity index (χ1n) is 13.9. The number of hydrogen-bond acceptors (Lipinski definition) is 6. The summed E-state index contributed by atoms with van der Waals surface area (Å²) in [6.07, 6.45) is 2.29. The molecule has 2 aliphatic heterocycles. The number of carbonyl (C=O) groups excluding carboxylic acids is 2. The Hall–Kier alpha value is -3.14. The average Bonchev–Trinajstić information content (AvgIpc) is 3.23. The molecule has 2 aromatic carbocycles. The average molecular weight is 592 g/mol. The van der Waals surface area contributed by atoms with Crippen LogP contribution in [0.25, 0.3) is 6.08 Å². The van der Waals surface area contributed by atoms with Crippen LogP contribution in [0.3, 0.4) is 0 Å². The minimum atomic E-state index is -4.69. The molecule has 2 heterocycles. The summed E-state index contributed by atoms with van der Waals surface area (Å²) in [7, 11) is 0. The number of rotatable bonds is 10. The van der Waals surface area contributed by atoms with Crippen LogP contribution in [0.4, 0.5) is 18.0 Å². The molecule has 2 amide bonds. The highest BCUT2D eigenvalue weighted by atomic mass is 32.2. The summed E-state index contributed by atoms with van der Waals surface area (Å²) in [6, 6.07) is 3.57. The fourth-order valence-corrected chi connectivity index (χ4v) is 5.77. The molecule has 2 aliphatic rings. The lowest BCUT2D eigenvalue weighted by atomic mass is 9.87. The second-order valence-corrected chi connectivity index (χ2v) is 11.9. The molecule has 1 N–H and O–H groups in total. The number of imide groups is 1. The quantitative estimate of drug-likeness (QED) is 0.222. The zero-order valence-electron chi connectivity index (χ0n) is 24.0. The van der Waals surface area contributed by atoms with E-state index < -0.39 is 28.5 Å². The number of carbonyl (C=O) groups is 2. The van der Waals surface area contributed by atoms with Gasteiger partial charge in [0.05, 0.1) is 17.1 Å². The molecule has 0 aromatic heterocycles. The Balaban J connectivity index is 1.51. The van der Waals surface area contributed by atoms with Gasteiger partial charge in [-0.25, -0.2) is 0 Å². The van der Waals surface area contributed by atoms with Crippen molar-refractivity contribution in [1.82, 2.24) is 5.32 Å². The lowest BCUT2D eigenvalue weighted by Crippen LogP contribution is -2.42. The number of unbranched alkanes of at least 4 members (excludes halogenated alkanes) is 3. The van der Waals surface area contributed by atoms with Crippen molar-refractivity contribution in [1.29, 1.82) is 0 Å². The van der Waals surface area contributed by atoms with Gasteiger partial charge in [-0.05, 0) is 99.2 Å². The third kappa shape index (κ3) is 7.02. The van der Waals surface area contributed by atoms with Gasteiger partial charge in [-0.15, -0.1) is 0 Å². The number of alkyl halides is 3. The normalized spacial score (nSPS) is 19.7. The van der Waals surface area contributed by atoms with E-state index >= 15 is 0 Å². The zero-order chi connectivity index (χ0) is 29.9. The highest BCUT2D eigenvalue weighted by Crippen LogP contribution is 2.44. The summed E-state index contributed by atoms with van der Waals surface area (Å²) in [5.41, 5.74) is 2.39. The molecule has 6 nitrogen and oxygen atoms in total. The molecule has 4 rings (SSSR count). The van der Waals surface area contributed by atoms with Gasteiger partial charge < -0.3 is 14.2 Å². The number of halogens is 3. The summed E-state index contributed by atoms with van der Waals surface area (Å²) < 4.78 is 60.4. The van der Waals surface area contributed by atoms with Crippen LogP contribution in [-0.2, 0) is 17.4 Å². The highest BCUT2D eigenvalue weighted by Gasteiger charge is 2.38. The summed E-state index contributed by atoms with van der Waals surface area (Å²) in [4.78, 5) is 23.2. The van der Waals surface area contributed by atoms with Crippen molar-refractivity contribution < 1.29 is 37.0 Å². The van der Waals surface area contributed by atoms with E-state index in [1.54, 1.807) is 0 Å². The van der Waals surface area contributed by atoms with Crippen LogP contribution in [0.15, 0.2) is 23.1 Å². The van der Waals surface area contributed by atoms with E-state index in [1.807, 2.05) is 27.7 Å². The van der Waals surface area contributed by atoms with Gasteiger partial charge in [0.15, 0.2) is 0 Å². The van der Waals surface area contributed by atoms with Crippen LogP contribution >= 0.6 is 11.8 Å². The van der Waals surface area contributed by atoms with Crippen molar-refractivity contribution in [3.05, 3.63) is 56.5 Å². The number of fused-ring (bicyclic) bond motifs is 1. The van der Waals surface area contributed by atoms with Gasteiger partial charge in [0.25, 0.3) is 11.1 Å². The smallest absolute Gasteiger partial charge is 0.419 e. The zero-order valence-corrected chi connectivity index (χ0v) is 24.9. The highest BCUT2D eigenvalue weighted by molar-refractivity contribution is 8.18. The van der Waals surface area contributed by atoms with Crippen LogP contribution in [0, 0.1) is 20.8 Å². The predicted octanol–water partition coefficient (Wildman–Crippen LogP) is 8.08. The van der Waals surface area contributed by atoms with Gasteiger partial charge >= 0.3 is 6.18 Å². The fourth-order valence-electron chi connectivity index (χ4n) is 5.09. The topological polar surface area (TPSA) is 73.9 Å². The Morgan fingerprint density at radius 3 is 2.49 bits per heavy atom. The minimum Gasteiger partial charge on any atom is -0.493 e. The number of nitrogens with one attached hydrogen (secondary N) is 1. The molecule has 1 saturated heterocycles. The van der Waals surface area contributed by atoms with E-state index in [4.69, 9.17) is 14.2 Å². The summed E-state index contributed by atoms with van der Waals surface area (Å²) in [5.74, 6) is 0.674. The Bertz CT molecular complexity index is 1370. The summed E-state index contributed by atoms with van der Waals surface area (Å²) >= 11 is 0.644. The second-order valence-electron chi connectivity index (χ2n) is 10.9. The molecule has 222 valence electrons. The van der Waals surface area contributed by atoms with Crippen LogP contribution in [-0.4, -0.2) is 30.0 Å².